The number of hydrogen-bond acceptors (Lipinski definition) is 5. The van der Waals surface area contributed by atoms with E-state index in [1.807, 2.05) is 0 Å². The molecule has 8 nitrogen and oxygen atoms in total. The van der Waals surface area contributed by atoms with Gasteiger partial charge in [-0.3, -0.25) is 9.59 Å². The van der Waals surface area contributed by atoms with E-state index in [1.165, 1.54) is 16.5 Å². The second-order valence-corrected chi connectivity index (χ2v) is 8.63. The van der Waals surface area contributed by atoms with Gasteiger partial charge in [-0.25, -0.2) is 8.78 Å². The number of hydrogen-bond donors (Lipinski definition) is 2. The molecule has 1 aliphatic carbocycles. The van der Waals surface area contributed by atoms with Crippen molar-refractivity contribution in [2.45, 2.75) is 36.9 Å². The zero-order valence-electron chi connectivity index (χ0n) is 17.4. The number of aliphatic hydroxyl groups is 1. The van der Waals surface area contributed by atoms with Crippen molar-refractivity contribution >= 4 is 11.8 Å². The van der Waals surface area contributed by atoms with Gasteiger partial charge in [0.15, 0.2) is 11.3 Å². The number of alkyl halides is 2. The Morgan fingerprint density at radius 1 is 1.41 bits per heavy atom. The molecule has 32 heavy (non-hydrogen) atoms. The highest BCUT2D eigenvalue weighted by Gasteiger charge is 2.82. The molecule has 1 aromatic carbocycles. The monoisotopic (exact) mass is 442 g/mol. The fourth-order valence-corrected chi connectivity index (χ4v) is 4.41. The molecular weight excluding hydrogens is 422 g/mol. The topological polar surface area (TPSA) is 111 Å². The molecule has 2 aliphatic heterocycles. The minimum Gasteiger partial charge on any atom is -0.464 e. The number of likely N-dealkylation sites (N-methyl/N-ethyl adjacent to an activating group) is 1. The number of likely N-dealkylation sites (tertiary alicyclic amines) is 1. The lowest BCUT2D eigenvalue weighted by Crippen LogP contribution is -2.37. The number of halogens is 2. The van der Waals surface area contributed by atoms with E-state index in [9.17, 15) is 23.5 Å². The van der Waals surface area contributed by atoms with Gasteiger partial charge in [0.2, 0.25) is 11.5 Å². The standard InChI is InChI=1S/C22H20F2N4O4/c1-20-15(22(20,23)24)11-14-16(17(25)29)26-28(18(14)32-20)13-5-3-4-12(10-13)6-7-21(31)8-9-27(2)19(21)30/h3-5,10,15,31H,8-9,11H2,1-2H3,(H2,25,29)/t15?,20-,21-/m0/s1. The smallest absolute Gasteiger partial charge is 0.294 e. The molecule has 3 N–H and O–H groups in total. The van der Waals surface area contributed by atoms with Gasteiger partial charge >= 0.3 is 0 Å². The molecule has 1 saturated carbocycles. The molecule has 3 atom stereocenters. The molecule has 1 aromatic heterocycles. The molecular formula is C22H20F2N4O4. The largest absolute Gasteiger partial charge is 0.464 e. The van der Waals surface area contributed by atoms with Crippen LogP contribution in [-0.2, 0) is 11.2 Å². The molecule has 10 heteroatoms. The molecule has 2 fully saturated rings. The van der Waals surface area contributed by atoms with Gasteiger partial charge < -0.3 is 20.5 Å². The van der Waals surface area contributed by atoms with E-state index < -0.39 is 34.9 Å². The van der Waals surface area contributed by atoms with Crippen LogP contribution in [0, 0.1) is 17.8 Å². The Morgan fingerprint density at radius 2 is 2.16 bits per heavy atom. The Morgan fingerprint density at radius 3 is 2.81 bits per heavy atom. The highest BCUT2D eigenvalue weighted by atomic mass is 19.3. The molecule has 166 valence electrons. The fraction of sp³-hybridized carbons (Fsp3) is 0.409. The summed E-state index contributed by atoms with van der Waals surface area (Å²) in [7, 11) is 1.59. The molecule has 1 unspecified atom stereocenters. The van der Waals surface area contributed by atoms with Crippen LogP contribution in [0.25, 0.3) is 5.69 Å². The van der Waals surface area contributed by atoms with Crippen LogP contribution in [-0.4, -0.2) is 62.3 Å². The van der Waals surface area contributed by atoms with Crippen molar-refractivity contribution in [1.29, 1.82) is 0 Å². The minimum atomic E-state index is -3.02. The second kappa shape index (κ2) is 6.29. The lowest BCUT2D eigenvalue weighted by atomic mass is 10.0. The van der Waals surface area contributed by atoms with Gasteiger partial charge in [-0.05, 0) is 31.5 Å². The van der Waals surface area contributed by atoms with Crippen LogP contribution in [0.2, 0.25) is 0 Å². The lowest BCUT2D eigenvalue weighted by Gasteiger charge is -2.20. The number of carbonyl (C=O) groups excluding carboxylic acids is 2. The van der Waals surface area contributed by atoms with E-state index in [2.05, 4.69) is 16.9 Å². The molecule has 2 amide bonds. The highest BCUT2D eigenvalue weighted by molar-refractivity contribution is 5.93. The van der Waals surface area contributed by atoms with E-state index in [1.54, 1.807) is 31.3 Å². The Balaban J connectivity index is 1.54. The summed E-state index contributed by atoms with van der Waals surface area (Å²) in [5, 5.41) is 14.7. The third-order valence-electron chi connectivity index (χ3n) is 6.58. The first-order valence-corrected chi connectivity index (χ1v) is 10.1. The number of ether oxygens (including phenoxy) is 1. The van der Waals surface area contributed by atoms with Crippen LogP contribution in [0.15, 0.2) is 24.3 Å². The number of benzene rings is 1. The first-order chi connectivity index (χ1) is 15.0. The van der Waals surface area contributed by atoms with Gasteiger partial charge in [-0.2, -0.15) is 9.78 Å². The van der Waals surface area contributed by atoms with Crippen molar-refractivity contribution in [1.82, 2.24) is 14.7 Å². The summed E-state index contributed by atoms with van der Waals surface area (Å²) in [6.45, 7) is 1.74. The number of aromatic nitrogens is 2. The minimum absolute atomic E-state index is 0.0473. The maximum Gasteiger partial charge on any atom is 0.294 e. The predicted molar refractivity (Wildman–Crippen MR) is 107 cm³/mol. The number of nitrogens with two attached hydrogens (primary N) is 1. The average Bonchev–Trinajstić information content (AvgIpc) is 3.02. The molecule has 3 aliphatic rings. The van der Waals surface area contributed by atoms with Crippen LogP contribution in [0.3, 0.4) is 0 Å². The number of rotatable bonds is 2. The van der Waals surface area contributed by atoms with E-state index in [0.29, 0.717) is 17.8 Å². The van der Waals surface area contributed by atoms with Crippen LogP contribution in [0.5, 0.6) is 5.88 Å². The summed E-state index contributed by atoms with van der Waals surface area (Å²) in [6.07, 6.45) is 0.130. The summed E-state index contributed by atoms with van der Waals surface area (Å²) in [4.78, 5) is 25.4. The van der Waals surface area contributed by atoms with Gasteiger partial charge in [0.1, 0.15) is 0 Å². The highest BCUT2D eigenvalue weighted by Crippen LogP contribution is 2.65. The van der Waals surface area contributed by atoms with Gasteiger partial charge in [-0.1, -0.05) is 17.9 Å². The van der Waals surface area contributed by atoms with Gasteiger partial charge in [0.25, 0.3) is 17.7 Å². The Labute approximate surface area is 181 Å². The Bertz CT molecular complexity index is 1250. The van der Waals surface area contributed by atoms with Crippen molar-refractivity contribution in [2.24, 2.45) is 11.7 Å². The first-order valence-electron chi connectivity index (χ1n) is 10.1. The average molecular weight is 442 g/mol. The number of fused-ring (bicyclic) bond motifs is 2. The zero-order chi connectivity index (χ0) is 23.1. The SMILES string of the molecule is CN1CC[C@@](O)(C#Cc2cccc(-n3nc(C(N)=O)c4c3O[C@@]3(C)C(C4)C3(F)F)c2)C1=O. The normalized spacial score (nSPS) is 29.5. The van der Waals surface area contributed by atoms with Crippen LogP contribution in [0.1, 0.15) is 35.0 Å². The van der Waals surface area contributed by atoms with Crippen LogP contribution < -0.4 is 10.5 Å². The third-order valence-corrected chi connectivity index (χ3v) is 6.58. The summed E-state index contributed by atoms with van der Waals surface area (Å²) in [5.41, 5.74) is 3.02. The van der Waals surface area contributed by atoms with E-state index in [-0.39, 0.29) is 30.0 Å². The summed E-state index contributed by atoms with van der Waals surface area (Å²) >= 11 is 0. The molecule has 1 saturated heterocycles. The maximum absolute atomic E-state index is 14.3. The number of nitrogens with zero attached hydrogens (tertiary/aromatic N) is 3. The molecule has 2 aromatic rings. The summed E-state index contributed by atoms with van der Waals surface area (Å²) < 4.78 is 35.4. The van der Waals surface area contributed by atoms with E-state index >= 15 is 0 Å². The quantitative estimate of drug-likeness (QED) is 0.671. The first kappa shape index (κ1) is 20.5. The molecule has 0 bridgehead atoms. The fourth-order valence-electron chi connectivity index (χ4n) is 4.41. The molecule has 0 radical (unpaired) electrons. The van der Waals surface area contributed by atoms with Crippen molar-refractivity contribution in [3.63, 3.8) is 0 Å². The third kappa shape index (κ3) is 2.67. The van der Waals surface area contributed by atoms with Gasteiger partial charge in [0.05, 0.1) is 11.6 Å². The van der Waals surface area contributed by atoms with E-state index in [0.717, 1.165) is 0 Å². The van der Waals surface area contributed by atoms with E-state index in [4.69, 9.17) is 10.5 Å². The maximum atomic E-state index is 14.3. The molecule has 5 rings (SSSR count). The van der Waals surface area contributed by atoms with Gasteiger partial charge in [-0.15, -0.1) is 0 Å². The summed E-state index contributed by atoms with van der Waals surface area (Å²) in [5.74, 6) is 0.112. The Hall–Kier alpha value is -3.45. The molecule has 3 heterocycles. The Kier molecular flexibility index (Phi) is 4.02. The van der Waals surface area contributed by atoms with Gasteiger partial charge in [0, 0.05) is 31.1 Å². The van der Waals surface area contributed by atoms with Crippen LogP contribution >= 0.6 is 0 Å². The number of primary amides is 1. The number of carbonyl (C=O) groups is 2. The lowest BCUT2D eigenvalue weighted by molar-refractivity contribution is -0.137. The predicted octanol–water partition coefficient (Wildman–Crippen LogP) is 0.875. The van der Waals surface area contributed by atoms with Crippen molar-refractivity contribution < 1.29 is 28.2 Å². The zero-order valence-corrected chi connectivity index (χ0v) is 17.4. The summed E-state index contributed by atoms with van der Waals surface area (Å²) in [6, 6.07) is 6.57. The van der Waals surface area contributed by atoms with Crippen molar-refractivity contribution in [3.8, 4) is 23.4 Å². The molecule has 0 spiro atoms. The van der Waals surface area contributed by atoms with Crippen molar-refractivity contribution in [3.05, 3.63) is 41.1 Å². The number of amides is 2. The van der Waals surface area contributed by atoms with Crippen LogP contribution in [0.4, 0.5) is 8.78 Å². The second-order valence-electron chi connectivity index (χ2n) is 8.63. The van der Waals surface area contributed by atoms with Crippen molar-refractivity contribution in [2.75, 3.05) is 13.6 Å².